The summed E-state index contributed by atoms with van der Waals surface area (Å²) in [7, 11) is 1.86. The molecule has 6 nitrogen and oxygen atoms in total. The zero-order valence-electron chi connectivity index (χ0n) is 14.9. The predicted octanol–water partition coefficient (Wildman–Crippen LogP) is 3.59. The minimum atomic E-state index is -0.108. The molecule has 0 spiro atoms. The highest BCUT2D eigenvalue weighted by Crippen LogP contribution is 2.41. The second-order valence-corrected chi connectivity index (χ2v) is 6.40. The summed E-state index contributed by atoms with van der Waals surface area (Å²) in [5.41, 5.74) is 7.12. The molecule has 0 saturated carbocycles. The quantitative estimate of drug-likeness (QED) is 0.712. The number of allylic oxidation sites excluding steroid dienone is 1. The number of hydrogen-bond donors (Lipinski definition) is 2. The number of nitrogens with zero attached hydrogens (tertiary/aromatic N) is 3. The van der Waals surface area contributed by atoms with Crippen LogP contribution in [-0.4, -0.2) is 20.7 Å². The third-order valence-corrected chi connectivity index (χ3v) is 4.53. The van der Waals surface area contributed by atoms with Crippen LogP contribution in [0.5, 0.6) is 0 Å². The van der Waals surface area contributed by atoms with Gasteiger partial charge < -0.3 is 10.6 Å². The highest BCUT2D eigenvalue weighted by Gasteiger charge is 2.29. The molecule has 0 radical (unpaired) electrons. The molecule has 0 saturated heterocycles. The summed E-state index contributed by atoms with van der Waals surface area (Å²) in [5.74, 6) is -0.108. The smallest absolute Gasteiger partial charge is 0.258 e. The number of pyridine rings is 1. The highest BCUT2D eigenvalue weighted by atomic mass is 16.2. The first kappa shape index (κ1) is 16.1. The first-order valence-corrected chi connectivity index (χ1v) is 8.37. The lowest BCUT2D eigenvalue weighted by molar-refractivity contribution is -0.110. The van der Waals surface area contributed by atoms with Crippen LogP contribution in [0.15, 0.2) is 54.7 Å². The van der Waals surface area contributed by atoms with E-state index < -0.39 is 0 Å². The molecule has 3 heterocycles. The number of aromatic nitrogens is 3. The van der Waals surface area contributed by atoms with Crippen LogP contribution < -0.4 is 10.6 Å². The molecule has 0 fully saturated rings. The van der Waals surface area contributed by atoms with Crippen molar-refractivity contribution in [3.05, 3.63) is 65.9 Å². The maximum absolute atomic E-state index is 12.7. The normalized spacial score (nSPS) is 14.8. The van der Waals surface area contributed by atoms with E-state index in [9.17, 15) is 4.79 Å². The Hall–Kier alpha value is -3.41. The van der Waals surface area contributed by atoms with Gasteiger partial charge in [0.2, 0.25) is 0 Å². The molecule has 2 aromatic heterocycles. The number of fused-ring (bicyclic) bond motifs is 1. The monoisotopic (exact) mass is 345 g/mol. The fraction of sp³-hybridized carbons (Fsp3) is 0.150. The van der Waals surface area contributed by atoms with Crippen molar-refractivity contribution >= 4 is 22.9 Å². The van der Waals surface area contributed by atoms with Crippen LogP contribution in [0.4, 0.5) is 11.4 Å². The molecule has 0 bridgehead atoms. The minimum Gasteiger partial charge on any atom is -0.356 e. The number of rotatable bonds is 3. The summed E-state index contributed by atoms with van der Waals surface area (Å²) in [4.78, 5) is 16.9. The fourth-order valence-corrected chi connectivity index (χ4v) is 3.32. The number of anilines is 2. The van der Waals surface area contributed by atoms with Crippen LogP contribution in [0.3, 0.4) is 0 Å². The average molecular weight is 345 g/mol. The molecule has 3 aromatic rings. The van der Waals surface area contributed by atoms with Crippen molar-refractivity contribution < 1.29 is 4.79 Å². The molecule has 0 atom stereocenters. The Labute approximate surface area is 151 Å². The van der Waals surface area contributed by atoms with E-state index in [0.29, 0.717) is 5.57 Å². The van der Waals surface area contributed by atoms with Gasteiger partial charge in [0.1, 0.15) is 0 Å². The number of amides is 1. The number of hydrogen-bond acceptors (Lipinski definition) is 4. The van der Waals surface area contributed by atoms with E-state index in [1.54, 1.807) is 17.1 Å². The van der Waals surface area contributed by atoms with E-state index in [1.807, 2.05) is 57.6 Å². The minimum absolute atomic E-state index is 0.108. The van der Waals surface area contributed by atoms with Crippen molar-refractivity contribution in [3.63, 3.8) is 0 Å². The first-order valence-electron chi connectivity index (χ1n) is 8.37. The highest BCUT2D eigenvalue weighted by molar-refractivity contribution is 6.34. The molecule has 0 aliphatic carbocycles. The molecule has 1 aliphatic heterocycles. The predicted molar refractivity (Wildman–Crippen MR) is 102 cm³/mol. The fourth-order valence-electron chi connectivity index (χ4n) is 3.32. The second-order valence-electron chi connectivity index (χ2n) is 6.40. The van der Waals surface area contributed by atoms with E-state index in [-0.39, 0.29) is 5.91 Å². The molecule has 1 aliphatic rings. The Balaban J connectivity index is 1.87. The van der Waals surface area contributed by atoms with Gasteiger partial charge in [-0.2, -0.15) is 5.10 Å². The molecular weight excluding hydrogens is 326 g/mol. The Bertz CT molecular complexity index is 1050. The van der Waals surface area contributed by atoms with Gasteiger partial charge in [-0.05, 0) is 37.1 Å². The van der Waals surface area contributed by atoms with Gasteiger partial charge in [0.15, 0.2) is 0 Å². The van der Waals surface area contributed by atoms with E-state index in [2.05, 4.69) is 20.7 Å². The zero-order chi connectivity index (χ0) is 18.3. The van der Waals surface area contributed by atoms with Gasteiger partial charge in [0.25, 0.3) is 5.91 Å². The van der Waals surface area contributed by atoms with Gasteiger partial charge in [0.05, 0.1) is 17.5 Å². The van der Waals surface area contributed by atoms with E-state index >= 15 is 0 Å². The molecule has 26 heavy (non-hydrogen) atoms. The van der Waals surface area contributed by atoms with Crippen molar-refractivity contribution in [2.75, 3.05) is 10.6 Å². The largest absolute Gasteiger partial charge is 0.356 e. The summed E-state index contributed by atoms with van der Waals surface area (Å²) in [6, 6.07) is 7.88. The first-order chi connectivity index (χ1) is 12.5. The van der Waals surface area contributed by atoms with Gasteiger partial charge in [-0.3, -0.25) is 14.5 Å². The van der Waals surface area contributed by atoms with Crippen molar-refractivity contribution in [1.29, 1.82) is 0 Å². The van der Waals surface area contributed by atoms with Gasteiger partial charge in [-0.15, -0.1) is 0 Å². The van der Waals surface area contributed by atoms with E-state index in [0.717, 1.165) is 39.3 Å². The van der Waals surface area contributed by atoms with E-state index in [1.165, 1.54) is 0 Å². The van der Waals surface area contributed by atoms with Crippen LogP contribution in [0, 0.1) is 6.92 Å². The second kappa shape index (κ2) is 6.15. The number of benzene rings is 1. The van der Waals surface area contributed by atoms with Crippen LogP contribution in [0.25, 0.3) is 16.7 Å². The summed E-state index contributed by atoms with van der Waals surface area (Å²) in [6.45, 7) is 3.95. The Morgan fingerprint density at radius 3 is 2.77 bits per heavy atom. The molecule has 2 N–H and O–H groups in total. The molecule has 0 unspecified atom stereocenters. The zero-order valence-corrected chi connectivity index (χ0v) is 14.9. The van der Waals surface area contributed by atoms with Crippen molar-refractivity contribution in [1.82, 2.24) is 14.8 Å². The van der Waals surface area contributed by atoms with Gasteiger partial charge in [0, 0.05) is 48.1 Å². The maximum atomic E-state index is 12.7. The third kappa shape index (κ3) is 2.65. The van der Waals surface area contributed by atoms with E-state index in [4.69, 9.17) is 0 Å². The van der Waals surface area contributed by atoms with Crippen LogP contribution in [0.2, 0.25) is 0 Å². The molecule has 4 rings (SSSR count). The van der Waals surface area contributed by atoms with Crippen molar-refractivity contribution in [2.45, 2.75) is 13.8 Å². The lowest BCUT2D eigenvalue weighted by Gasteiger charge is -2.13. The number of carbonyl (C=O) groups is 1. The summed E-state index contributed by atoms with van der Waals surface area (Å²) < 4.78 is 1.72. The Morgan fingerprint density at radius 1 is 1.19 bits per heavy atom. The molecule has 1 aromatic carbocycles. The number of aryl methyl sites for hydroxylation is 2. The number of carbonyl (C=O) groups excluding carboxylic acids is 1. The standard InChI is InChI=1S/C20H19N5O/c1-12-7-8-21-10-16(12)15-5-4-6-17-19(15)18(20(26)24-17)13(2)23-14-9-22-25(3)11-14/h4-11,23H,1-3H3,(H,24,26)/b18-13-. The molecule has 6 heteroatoms. The summed E-state index contributed by atoms with van der Waals surface area (Å²) >= 11 is 0. The molecule has 1 amide bonds. The molecule has 130 valence electrons. The summed E-state index contributed by atoms with van der Waals surface area (Å²) in [6.07, 6.45) is 7.22. The Morgan fingerprint density at radius 2 is 2.04 bits per heavy atom. The molecular formula is C20H19N5O. The van der Waals surface area contributed by atoms with Gasteiger partial charge >= 0.3 is 0 Å². The lowest BCUT2D eigenvalue weighted by atomic mass is 9.93. The maximum Gasteiger partial charge on any atom is 0.258 e. The Kier molecular flexibility index (Phi) is 3.80. The average Bonchev–Trinajstić information content (AvgIpc) is 3.17. The van der Waals surface area contributed by atoms with Crippen molar-refractivity contribution in [2.24, 2.45) is 7.05 Å². The van der Waals surface area contributed by atoms with Crippen LogP contribution >= 0.6 is 0 Å². The summed E-state index contributed by atoms with van der Waals surface area (Å²) in [5, 5.41) is 10.4. The lowest BCUT2D eigenvalue weighted by Crippen LogP contribution is -2.08. The van der Waals surface area contributed by atoms with Crippen LogP contribution in [0.1, 0.15) is 18.1 Å². The van der Waals surface area contributed by atoms with Crippen molar-refractivity contribution in [3.8, 4) is 11.1 Å². The van der Waals surface area contributed by atoms with Gasteiger partial charge in [-0.1, -0.05) is 12.1 Å². The SMILES string of the molecule is C/C(Nc1cnn(C)c1)=C1/C(=O)Nc2cccc(-c3cnccc3C)c21. The number of nitrogens with one attached hydrogen (secondary N) is 2. The topological polar surface area (TPSA) is 71.8 Å². The van der Waals surface area contributed by atoms with Gasteiger partial charge in [-0.25, -0.2) is 0 Å². The third-order valence-electron chi connectivity index (χ3n) is 4.53. The van der Waals surface area contributed by atoms with Crippen LogP contribution in [-0.2, 0) is 11.8 Å².